The summed E-state index contributed by atoms with van der Waals surface area (Å²) in [5.74, 6) is -1.49. The van der Waals surface area contributed by atoms with E-state index in [4.69, 9.17) is 18.9 Å². The number of carbonyl (C=O) groups excluding carboxylic acids is 2. The first kappa shape index (κ1) is 17.6. The van der Waals surface area contributed by atoms with Gasteiger partial charge in [-0.3, -0.25) is 0 Å². The first-order valence-corrected chi connectivity index (χ1v) is 7.24. The zero-order chi connectivity index (χ0) is 16.9. The smallest absolute Gasteiger partial charge is 0.338 e. The largest absolute Gasteiger partial charge is 0.459 e. The maximum Gasteiger partial charge on any atom is 0.338 e. The Morgan fingerprint density at radius 2 is 2.04 bits per heavy atom. The lowest BCUT2D eigenvalue weighted by atomic mass is 10.2. The van der Waals surface area contributed by atoms with Crippen molar-refractivity contribution < 1.29 is 33.6 Å². The van der Waals surface area contributed by atoms with Crippen molar-refractivity contribution in [1.29, 1.82) is 0 Å². The molecule has 0 bridgehead atoms. The molecular formula is C16H20O7. The van der Waals surface area contributed by atoms with E-state index >= 15 is 0 Å². The lowest BCUT2D eigenvalue weighted by Crippen LogP contribution is -2.36. The van der Waals surface area contributed by atoms with Crippen LogP contribution in [0.25, 0.3) is 0 Å². The summed E-state index contributed by atoms with van der Waals surface area (Å²) in [5, 5.41) is 9.36. The Bertz CT molecular complexity index is 528. The van der Waals surface area contributed by atoms with Crippen molar-refractivity contribution in [1.82, 2.24) is 0 Å². The number of carbonyl (C=O) groups is 2. The zero-order valence-corrected chi connectivity index (χ0v) is 13.0. The SMILES string of the molecule is CC1(C)O[C@@H](O[C@@H](CO)COC(=O)c2ccccc2)[C@H](C=O)O1. The van der Waals surface area contributed by atoms with Gasteiger partial charge in [-0.1, -0.05) is 18.2 Å². The molecule has 7 nitrogen and oxygen atoms in total. The van der Waals surface area contributed by atoms with Crippen LogP contribution < -0.4 is 0 Å². The van der Waals surface area contributed by atoms with Crippen LogP contribution in [0.2, 0.25) is 0 Å². The maximum absolute atomic E-state index is 11.9. The monoisotopic (exact) mass is 324 g/mol. The van der Waals surface area contributed by atoms with E-state index in [-0.39, 0.29) is 6.61 Å². The predicted molar refractivity (Wildman–Crippen MR) is 78.6 cm³/mol. The van der Waals surface area contributed by atoms with Gasteiger partial charge in [0.1, 0.15) is 12.7 Å². The van der Waals surface area contributed by atoms with Crippen LogP contribution in [0.1, 0.15) is 24.2 Å². The number of aliphatic hydroxyl groups is 1. The minimum Gasteiger partial charge on any atom is -0.459 e. The van der Waals surface area contributed by atoms with E-state index in [0.29, 0.717) is 11.8 Å². The van der Waals surface area contributed by atoms with E-state index in [1.165, 1.54) is 0 Å². The lowest BCUT2D eigenvalue weighted by molar-refractivity contribution is -0.212. The molecule has 0 spiro atoms. The van der Waals surface area contributed by atoms with Gasteiger partial charge in [-0.25, -0.2) is 4.79 Å². The highest BCUT2D eigenvalue weighted by Crippen LogP contribution is 2.28. The Hall–Kier alpha value is -1.80. The molecule has 1 aromatic rings. The van der Waals surface area contributed by atoms with Gasteiger partial charge in [0.2, 0.25) is 0 Å². The van der Waals surface area contributed by atoms with Crippen molar-refractivity contribution in [3.63, 3.8) is 0 Å². The zero-order valence-electron chi connectivity index (χ0n) is 13.0. The number of hydrogen-bond donors (Lipinski definition) is 1. The molecule has 0 saturated carbocycles. The van der Waals surface area contributed by atoms with Gasteiger partial charge in [0.05, 0.1) is 12.2 Å². The molecule has 1 aliphatic heterocycles. The molecule has 2 rings (SSSR count). The molecule has 0 unspecified atom stereocenters. The second-order valence-electron chi connectivity index (χ2n) is 5.51. The Balaban J connectivity index is 1.88. The third-order valence-electron chi connectivity index (χ3n) is 3.16. The summed E-state index contributed by atoms with van der Waals surface area (Å²) in [4.78, 5) is 22.8. The van der Waals surface area contributed by atoms with Crippen LogP contribution in [0.3, 0.4) is 0 Å². The predicted octanol–water partition coefficient (Wildman–Crippen LogP) is 0.897. The summed E-state index contributed by atoms with van der Waals surface area (Å²) in [6.45, 7) is 2.73. The molecule has 0 aromatic heterocycles. The number of benzene rings is 1. The van der Waals surface area contributed by atoms with Crippen LogP contribution in [0.15, 0.2) is 30.3 Å². The minimum absolute atomic E-state index is 0.171. The van der Waals surface area contributed by atoms with Crippen molar-refractivity contribution in [2.45, 2.75) is 38.1 Å². The number of hydrogen-bond acceptors (Lipinski definition) is 7. The van der Waals surface area contributed by atoms with Gasteiger partial charge in [0.25, 0.3) is 0 Å². The summed E-state index contributed by atoms with van der Waals surface area (Å²) < 4.78 is 21.4. The van der Waals surface area contributed by atoms with E-state index in [0.717, 1.165) is 0 Å². The van der Waals surface area contributed by atoms with Crippen LogP contribution in [-0.2, 0) is 23.7 Å². The maximum atomic E-state index is 11.9. The van der Waals surface area contributed by atoms with Gasteiger partial charge in [-0.2, -0.15) is 0 Å². The first-order valence-electron chi connectivity index (χ1n) is 7.24. The highest BCUT2D eigenvalue weighted by atomic mass is 16.8. The highest BCUT2D eigenvalue weighted by molar-refractivity contribution is 5.89. The fourth-order valence-electron chi connectivity index (χ4n) is 2.11. The molecule has 0 aliphatic carbocycles. The normalized spacial score (nSPS) is 24.1. The van der Waals surface area contributed by atoms with Gasteiger partial charge >= 0.3 is 5.97 Å². The Labute approximate surface area is 134 Å². The Kier molecular flexibility index (Phi) is 5.84. The van der Waals surface area contributed by atoms with Crippen molar-refractivity contribution in [2.75, 3.05) is 13.2 Å². The molecule has 1 aromatic carbocycles. The lowest BCUT2D eigenvalue weighted by Gasteiger charge is -2.21. The molecule has 0 amide bonds. The fraction of sp³-hybridized carbons (Fsp3) is 0.500. The van der Waals surface area contributed by atoms with Gasteiger partial charge < -0.3 is 28.8 Å². The molecule has 126 valence electrons. The molecule has 1 aliphatic rings. The standard InChI is InChI=1S/C16H20O7/c1-16(2)22-13(9-18)15(23-16)21-12(8-17)10-20-14(19)11-6-4-3-5-7-11/h3-7,9,12-13,15,17H,8,10H2,1-2H3/t12-,13-,15+/m0/s1. The number of rotatable bonds is 7. The topological polar surface area (TPSA) is 91.3 Å². The average molecular weight is 324 g/mol. The molecule has 7 heteroatoms. The number of ether oxygens (including phenoxy) is 4. The van der Waals surface area contributed by atoms with Crippen LogP contribution in [0.5, 0.6) is 0 Å². The third-order valence-corrected chi connectivity index (χ3v) is 3.16. The molecule has 23 heavy (non-hydrogen) atoms. The second-order valence-corrected chi connectivity index (χ2v) is 5.51. The van der Waals surface area contributed by atoms with E-state index in [2.05, 4.69) is 0 Å². The molecule has 0 radical (unpaired) electrons. The van der Waals surface area contributed by atoms with E-state index in [1.807, 2.05) is 0 Å². The summed E-state index contributed by atoms with van der Waals surface area (Å²) in [6, 6.07) is 8.47. The van der Waals surface area contributed by atoms with Gasteiger partial charge in [-0.15, -0.1) is 0 Å². The molecule has 1 N–H and O–H groups in total. The summed E-state index contributed by atoms with van der Waals surface area (Å²) in [7, 11) is 0. The van der Waals surface area contributed by atoms with Gasteiger partial charge in [-0.05, 0) is 26.0 Å². The molecule has 3 atom stereocenters. The van der Waals surface area contributed by atoms with E-state index in [1.54, 1.807) is 44.2 Å². The van der Waals surface area contributed by atoms with Crippen molar-refractivity contribution in [3.8, 4) is 0 Å². The number of aldehydes is 1. The molecule has 1 saturated heterocycles. The van der Waals surface area contributed by atoms with Crippen LogP contribution in [0, 0.1) is 0 Å². The van der Waals surface area contributed by atoms with Gasteiger partial charge in [0.15, 0.2) is 24.5 Å². The first-order chi connectivity index (χ1) is 10.9. The summed E-state index contributed by atoms with van der Waals surface area (Å²) in [6.07, 6.45) is -2.12. The third kappa shape index (κ3) is 4.84. The van der Waals surface area contributed by atoms with Crippen molar-refractivity contribution in [2.24, 2.45) is 0 Å². The quantitative estimate of drug-likeness (QED) is 0.588. The second kappa shape index (κ2) is 7.65. The van der Waals surface area contributed by atoms with Crippen molar-refractivity contribution in [3.05, 3.63) is 35.9 Å². The van der Waals surface area contributed by atoms with Crippen LogP contribution >= 0.6 is 0 Å². The Morgan fingerprint density at radius 3 is 2.65 bits per heavy atom. The highest BCUT2D eigenvalue weighted by Gasteiger charge is 2.43. The fourth-order valence-corrected chi connectivity index (χ4v) is 2.11. The van der Waals surface area contributed by atoms with E-state index < -0.39 is 36.9 Å². The molecule has 1 heterocycles. The minimum atomic E-state index is -0.963. The Morgan fingerprint density at radius 1 is 1.35 bits per heavy atom. The van der Waals surface area contributed by atoms with Gasteiger partial charge in [0, 0.05) is 0 Å². The van der Waals surface area contributed by atoms with Crippen molar-refractivity contribution >= 4 is 12.3 Å². The average Bonchev–Trinajstić information content (AvgIpc) is 2.85. The molecular weight excluding hydrogens is 304 g/mol. The van der Waals surface area contributed by atoms with E-state index in [9.17, 15) is 14.7 Å². The number of esters is 1. The van der Waals surface area contributed by atoms with Crippen LogP contribution in [-0.4, -0.2) is 54.9 Å². The molecule has 1 fully saturated rings. The summed E-state index contributed by atoms with van der Waals surface area (Å²) >= 11 is 0. The number of aliphatic hydroxyl groups excluding tert-OH is 1. The summed E-state index contributed by atoms with van der Waals surface area (Å²) in [5.41, 5.74) is 0.400. The van der Waals surface area contributed by atoms with Crippen LogP contribution in [0.4, 0.5) is 0 Å².